The second-order valence-corrected chi connectivity index (χ2v) is 6.70. The molecule has 0 spiro atoms. The molecule has 0 fully saturated rings. The van der Waals surface area contributed by atoms with Crippen LogP contribution in [0.5, 0.6) is 0 Å². The van der Waals surface area contributed by atoms with E-state index >= 15 is 0 Å². The van der Waals surface area contributed by atoms with Crippen LogP contribution in [0.2, 0.25) is 0 Å². The Morgan fingerprint density at radius 1 is 1.24 bits per heavy atom. The minimum Gasteiger partial charge on any atom is -0.349 e. The van der Waals surface area contributed by atoms with E-state index in [2.05, 4.69) is 20.4 Å². The number of carbonyl (C=O) groups is 1. The van der Waals surface area contributed by atoms with Crippen LogP contribution in [0.25, 0.3) is 16.9 Å². The lowest BCUT2D eigenvalue weighted by Crippen LogP contribution is -2.28. The van der Waals surface area contributed by atoms with E-state index in [9.17, 15) is 14.0 Å². The maximum atomic E-state index is 13.3. The lowest BCUT2D eigenvalue weighted by molar-refractivity contribution is -0.119. The topological polar surface area (TPSA) is 92.2 Å². The molecule has 4 rings (SSSR count). The molecule has 7 nitrogen and oxygen atoms in total. The molecule has 4 aromatic rings. The number of carbonyl (C=O) groups excluding carboxylic acids is 1. The fourth-order valence-electron chi connectivity index (χ4n) is 3.22. The molecule has 3 aromatic heterocycles. The number of hydrogen-bond acceptors (Lipinski definition) is 4. The molecular formula is C21H18FN5O2. The van der Waals surface area contributed by atoms with Crippen molar-refractivity contribution in [3.63, 3.8) is 0 Å². The standard InChI is InChI=1S/C21H18FN5O2/c1-13(28)24-18(14-4-6-16(22)7-5-14)9-17-10-21(29)27-20(25-17)11-19(26-27)15-3-2-8-23-12-15/h2-8,10-12,18,26H,9H2,1H3,(H,24,28). The van der Waals surface area contributed by atoms with Crippen molar-refractivity contribution < 1.29 is 9.18 Å². The van der Waals surface area contributed by atoms with Gasteiger partial charge in [0.1, 0.15) is 5.82 Å². The van der Waals surface area contributed by atoms with Crippen LogP contribution in [0.4, 0.5) is 4.39 Å². The summed E-state index contributed by atoms with van der Waals surface area (Å²) in [6.45, 7) is 1.41. The summed E-state index contributed by atoms with van der Waals surface area (Å²) < 4.78 is 14.6. The first-order chi connectivity index (χ1) is 14.0. The lowest BCUT2D eigenvalue weighted by atomic mass is 10.0. The second kappa shape index (κ2) is 7.67. The van der Waals surface area contributed by atoms with Gasteiger partial charge in [-0.15, -0.1) is 0 Å². The van der Waals surface area contributed by atoms with Gasteiger partial charge in [-0.25, -0.2) is 13.9 Å². The van der Waals surface area contributed by atoms with Crippen LogP contribution in [0, 0.1) is 5.82 Å². The third-order valence-electron chi connectivity index (χ3n) is 4.54. The Kier molecular flexibility index (Phi) is 4.90. The number of hydrogen-bond donors (Lipinski definition) is 2. The molecule has 0 aliphatic rings. The Bertz CT molecular complexity index is 1220. The smallest absolute Gasteiger partial charge is 0.272 e. The van der Waals surface area contributed by atoms with Crippen LogP contribution in [0.15, 0.2) is 65.7 Å². The van der Waals surface area contributed by atoms with Crippen molar-refractivity contribution >= 4 is 11.6 Å². The van der Waals surface area contributed by atoms with Crippen molar-refractivity contribution in [2.75, 3.05) is 0 Å². The number of aromatic nitrogens is 4. The van der Waals surface area contributed by atoms with E-state index in [-0.39, 0.29) is 17.3 Å². The number of halogens is 1. The quantitative estimate of drug-likeness (QED) is 0.547. The van der Waals surface area contributed by atoms with Gasteiger partial charge >= 0.3 is 0 Å². The van der Waals surface area contributed by atoms with Gasteiger partial charge in [-0.3, -0.25) is 19.7 Å². The van der Waals surface area contributed by atoms with E-state index in [1.807, 2.05) is 12.1 Å². The minimum absolute atomic E-state index is 0.224. The summed E-state index contributed by atoms with van der Waals surface area (Å²) in [5, 5.41) is 5.86. The zero-order chi connectivity index (χ0) is 20.4. The van der Waals surface area contributed by atoms with Gasteiger partial charge in [-0.1, -0.05) is 12.1 Å². The third kappa shape index (κ3) is 4.06. The molecule has 1 atom stereocenters. The summed E-state index contributed by atoms with van der Waals surface area (Å²) in [5.41, 5.74) is 3.01. The van der Waals surface area contributed by atoms with Crippen LogP contribution < -0.4 is 10.9 Å². The van der Waals surface area contributed by atoms with Crippen LogP contribution in [0.3, 0.4) is 0 Å². The SMILES string of the molecule is CC(=O)NC(Cc1cc(=O)n2[nH]c(-c3cccnc3)cc2n1)c1ccc(F)cc1. The van der Waals surface area contributed by atoms with E-state index < -0.39 is 6.04 Å². The van der Waals surface area contributed by atoms with E-state index in [0.29, 0.717) is 17.8 Å². The fourth-order valence-corrected chi connectivity index (χ4v) is 3.22. The van der Waals surface area contributed by atoms with Crippen molar-refractivity contribution in [3.8, 4) is 11.3 Å². The Balaban J connectivity index is 1.69. The fraction of sp³-hybridized carbons (Fsp3) is 0.143. The number of nitrogens with one attached hydrogen (secondary N) is 2. The third-order valence-corrected chi connectivity index (χ3v) is 4.54. The molecule has 0 saturated carbocycles. The molecule has 146 valence electrons. The number of aromatic amines is 1. The maximum absolute atomic E-state index is 13.3. The molecular weight excluding hydrogens is 373 g/mol. The molecule has 0 bridgehead atoms. The van der Waals surface area contributed by atoms with Crippen LogP contribution >= 0.6 is 0 Å². The zero-order valence-corrected chi connectivity index (χ0v) is 15.6. The highest BCUT2D eigenvalue weighted by Gasteiger charge is 2.16. The van der Waals surface area contributed by atoms with Crippen molar-refractivity contribution in [1.82, 2.24) is 24.9 Å². The number of benzene rings is 1. The van der Waals surface area contributed by atoms with Crippen molar-refractivity contribution in [2.24, 2.45) is 0 Å². The van der Waals surface area contributed by atoms with Crippen molar-refractivity contribution in [2.45, 2.75) is 19.4 Å². The van der Waals surface area contributed by atoms with Gasteiger partial charge in [0.25, 0.3) is 5.56 Å². The number of fused-ring (bicyclic) bond motifs is 1. The molecule has 0 aliphatic carbocycles. The average Bonchev–Trinajstić information content (AvgIpc) is 3.13. The first-order valence-electron chi connectivity index (χ1n) is 9.04. The van der Waals surface area contributed by atoms with Crippen LogP contribution in [-0.2, 0) is 11.2 Å². The van der Waals surface area contributed by atoms with Crippen molar-refractivity contribution in [1.29, 1.82) is 0 Å². The molecule has 1 unspecified atom stereocenters. The molecule has 0 aliphatic heterocycles. The molecule has 2 N–H and O–H groups in total. The predicted octanol–water partition coefficient (Wildman–Crippen LogP) is 2.64. The molecule has 1 aromatic carbocycles. The van der Waals surface area contributed by atoms with Gasteiger partial charge in [0, 0.05) is 43.4 Å². The number of rotatable bonds is 5. The highest BCUT2D eigenvalue weighted by molar-refractivity contribution is 5.73. The van der Waals surface area contributed by atoms with Gasteiger partial charge in [0.05, 0.1) is 17.4 Å². The Labute approximate surface area is 165 Å². The second-order valence-electron chi connectivity index (χ2n) is 6.70. The highest BCUT2D eigenvalue weighted by Crippen LogP contribution is 2.20. The van der Waals surface area contributed by atoms with Gasteiger partial charge in [0.15, 0.2) is 5.65 Å². The molecule has 0 radical (unpaired) electrons. The number of nitrogens with zero attached hydrogens (tertiary/aromatic N) is 3. The van der Waals surface area contributed by atoms with E-state index in [1.54, 1.807) is 30.6 Å². The summed E-state index contributed by atoms with van der Waals surface area (Å²) >= 11 is 0. The molecule has 0 saturated heterocycles. The Hall–Kier alpha value is -3.81. The van der Waals surface area contributed by atoms with Gasteiger partial charge in [0.2, 0.25) is 5.91 Å². The number of H-pyrrole nitrogens is 1. The van der Waals surface area contributed by atoms with E-state index in [1.165, 1.54) is 29.6 Å². The van der Waals surface area contributed by atoms with E-state index in [4.69, 9.17) is 0 Å². The summed E-state index contributed by atoms with van der Waals surface area (Å²) in [6.07, 6.45) is 3.66. The predicted molar refractivity (Wildman–Crippen MR) is 106 cm³/mol. The van der Waals surface area contributed by atoms with Gasteiger partial charge in [-0.2, -0.15) is 0 Å². The summed E-state index contributed by atoms with van der Waals surface area (Å²) in [6, 6.07) is 12.3. The summed E-state index contributed by atoms with van der Waals surface area (Å²) in [5.74, 6) is -0.582. The monoisotopic (exact) mass is 391 g/mol. The van der Waals surface area contributed by atoms with Crippen molar-refractivity contribution in [3.05, 3.63) is 88.4 Å². The summed E-state index contributed by atoms with van der Waals surface area (Å²) in [4.78, 5) is 32.9. The first kappa shape index (κ1) is 18.5. The van der Waals surface area contributed by atoms with Gasteiger partial charge in [-0.05, 0) is 29.8 Å². The Morgan fingerprint density at radius 2 is 2.03 bits per heavy atom. The van der Waals surface area contributed by atoms with E-state index in [0.717, 1.165) is 16.8 Å². The number of pyridine rings is 1. The Morgan fingerprint density at radius 3 is 2.72 bits per heavy atom. The summed E-state index contributed by atoms with van der Waals surface area (Å²) in [7, 11) is 0. The largest absolute Gasteiger partial charge is 0.349 e. The average molecular weight is 391 g/mol. The normalized spacial score (nSPS) is 12.1. The van der Waals surface area contributed by atoms with Crippen LogP contribution in [-0.4, -0.2) is 25.5 Å². The van der Waals surface area contributed by atoms with Gasteiger partial charge < -0.3 is 5.32 Å². The minimum atomic E-state index is -0.431. The van der Waals surface area contributed by atoms with Crippen LogP contribution in [0.1, 0.15) is 24.2 Å². The molecule has 29 heavy (non-hydrogen) atoms. The number of amides is 1. The zero-order valence-electron chi connectivity index (χ0n) is 15.6. The lowest BCUT2D eigenvalue weighted by Gasteiger charge is -2.18. The maximum Gasteiger partial charge on any atom is 0.272 e. The highest BCUT2D eigenvalue weighted by atomic mass is 19.1. The first-order valence-corrected chi connectivity index (χ1v) is 9.04. The molecule has 3 heterocycles. The molecule has 8 heteroatoms. The molecule has 1 amide bonds.